The van der Waals surface area contributed by atoms with Crippen LogP contribution in [-0.2, 0) is 12.8 Å². The highest BCUT2D eigenvalue weighted by Crippen LogP contribution is 2.30. The molecular formula is C18H22BrNO. The van der Waals surface area contributed by atoms with Gasteiger partial charge >= 0.3 is 0 Å². The Kier molecular flexibility index (Phi) is 6.27. The van der Waals surface area contributed by atoms with Gasteiger partial charge in [-0.1, -0.05) is 42.5 Å². The molecule has 0 saturated carbocycles. The number of hydrogen-bond acceptors (Lipinski definition) is 2. The zero-order valence-electron chi connectivity index (χ0n) is 12.4. The van der Waals surface area contributed by atoms with Crippen LogP contribution in [0.25, 0.3) is 0 Å². The first-order chi connectivity index (χ1) is 10.2. The van der Waals surface area contributed by atoms with Crippen LogP contribution >= 0.6 is 15.9 Å². The van der Waals surface area contributed by atoms with E-state index in [2.05, 4.69) is 46.3 Å². The van der Waals surface area contributed by atoms with Crippen molar-refractivity contribution in [3.63, 3.8) is 0 Å². The summed E-state index contributed by atoms with van der Waals surface area (Å²) in [6.45, 7) is 2.73. The summed E-state index contributed by atoms with van der Waals surface area (Å²) in [5, 5.41) is 0. The maximum absolute atomic E-state index is 5.99. The Morgan fingerprint density at radius 1 is 1.10 bits per heavy atom. The Balaban J connectivity index is 1.90. The van der Waals surface area contributed by atoms with E-state index in [0.29, 0.717) is 6.61 Å². The van der Waals surface area contributed by atoms with Crippen LogP contribution in [0.4, 0.5) is 0 Å². The molecule has 0 spiro atoms. The minimum absolute atomic E-state index is 0.131. The van der Waals surface area contributed by atoms with Crippen LogP contribution in [0.3, 0.4) is 0 Å². The second kappa shape index (κ2) is 8.20. The van der Waals surface area contributed by atoms with E-state index < -0.39 is 0 Å². The molecule has 0 amide bonds. The molecule has 0 fully saturated rings. The highest BCUT2D eigenvalue weighted by Gasteiger charge is 2.09. The zero-order chi connectivity index (χ0) is 15.1. The van der Waals surface area contributed by atoms with Crippen molar-refractivity contribution < 1.29 is 4.74 Å². The van der Waals surface area contributed by atoms with Gasteiger partial charge in [0.25, 0.3) is 0 Å². The van der Waals surface area contributed by atoms with Gasteiger partial charge < -0.3 is 10.5 Å². The number of aryl methyl sites for hydroxylation is 1. The van der Waals surface area contributed by atoms with Crippen LogP contribution in [-0.4, -0.2) is 12.6 Å². The Hall–Kier alpha value is -1.32. The predicted molar refractivity (Wildman–Crippen MR) is 91.8 cm³/mol. The standard InChI is InChI=1S/C18H22BrNO/c1-14(20)13-16-10-5-11-17(19)18(16)21-12-6-9-15-7-3-2-4-8-15/h2-5,7-8,10-11,14H,6,9,12-13,20H2,1H3. The third-order valence-corrected chi connectivity index (χ3v) is 3.91. The first-order valence-corrected chi connectivity index (χ1v) is 8.16. The maximum Gasteiger partial charge on any atom is 0.136 e. The van der Waals surface area contributed by atoms with Crippen molar-refractivity contribution in [1.82, 2.24) is 0 Å². The smallest absolute Gasteiger partial charge is 0.136 e. The first-order valence-electron chi connectivity index (χ1n) is 7.36. The van der Waals surface area contributed by atoms with E-state index in [1.165, 1.54) is 11.1 Å². The van der Waals surface area contributed by atoms with E-state index in [0.717, 1.165) is 29.5 Å². The Morgan fingerprint density at radius 2 is 1.86 bits per heavy atom. The van der Waals surface area contributed by atoms with Gasteiger partial charge in [-0.25, -0.2) is 0 Å². The highest BCUT2D eigenvalue weighted by molar-refractivity contribution is 9.10. The highest BCUT2D eigenvalue weighted by atomic mass is 79.9. The molecule has 21 heavy (non-hydrogen) atoms. The third-order valence-electron chi connectivity index (χ3n) is 3.29. The first kappa shape index (κ1) is 16.1. The van der Waals surface area contributed by atoms with Gasteiger partial charge in [0, 0.05) is 6.04 Å². The lowest BCUT2D eigenvalue weighted by molar-refractivity contribution is 0.305. The van der Waals surface area contributed by atoms with E-state index in [9.17, 15) is 0 Å². The fourth-order valence-corrected chi connectivity index (χ4v) is 2.84. The largest absolute Gasteiger partial charge is 0.492 e. The summed E-state index contributed by atoms with van der Waals surface area (Å²) in [6.07, 6.45) is 2.87. The van der Waals surface area contributed by atoms with Gasteiger partial charge in [0.15, 0.2) is 0 Å². The SMILES string of the molecule is CC(N)Cc1cccc(Br)c1OCCCc1ccccc1. The van der Waals surface area contributed by atoms with Crippen LogP contribution in [0, 0.1) is 0 Å². The average Bonchev–Trinajstić information content (AvgIpc) is 2.46. The van der Waals surface area contributed by atoms with Gasteiger partial charge in [-0.05, 0) is 59.3 Å². The molecule has 1 unspecified atom stereocenters. The Labute approximate surface area is 135 Å². The summed E-state index contributed by atoms with van der Waals surface area (Å²) >= 11 is 3.57. The second-order valence-electron chi connectivity index (χ2n) is 5.35. The number of benzene rings is 2. The fraction of sp³-hybridized carbons (Fsp3) is 0.333. The van der Waals surface area contributed by atoms with Crippen molar-refractivity contribution >= 4 is 15.9 Å². The summed E-state index contributed by atoms with van der Waals surface area (Å²) in [7, 11) is 0. The van der Waals surface area contributed by atoms with Gasteiger partial charge in [0.2, 0.25) is 0 Å². The fourth-order valence-electron chi connectivity index (χ4n) is 2.32. The third kappa shape index (κ3) is 5.18. The Bertz CT molecular complexity index is 554. The number of nitrogens with two attached hydrogens (primary N) is 1. The molecular weight excluding hydrogens is 326 g/mol. The van der Waals surface area contributed by atoms with E-state index >= 15 is 0 Å². The lowest BCUT2D eigenvalue weighted by atomic mass is 10.1. The van der Waals surface area contributed by atoms with Gasteiger partial charge in [0.05, 0.1) is 11.1 Å². The minimum Gasteiger partial charge on any atom is -0.492 e. The molecule has 0 aliphatic rings. The summed E-state index contributed by atoms with van der Waals surface area (Å²) in [5.41, 5.74) is 8.42. The van der Waals surface area contributed by atoms with Crippen LogP contribution in [0.15, 0.2) is 53.0 Å². The quantitative estimate of drug-likeness (QED) is 0.755. The molecule has 112 valence electrons. The molecule has 0 saturated heterocycles. The van der Waals surface area contributed by atoms with Crippen LogP contribution in [0.5, 0.6) is 5.75 Å². The molecule has 2 N–H and O–H groups in total. The van der Waals surface area contributed by atoms with Crippen LogP contribution < -0.4 is 10.5 Å². The van der Waals surface area contributed by atoms with Crippen LogP contribution in [0.1, 0.15) is 24.5 Å². The molecule has 1 atom stereocenters. The zero-order valence-corrected chi connectivity index (χ0v) is 14.0. The Morgan fingerprint density at radius 3 is 2.57 bits per heavy atom. The van der Waals surface area contributed by atoms with Crippen molar-refractivity contribution in [2.45, 2.75) is 32.2 Å². The molecule has 3 heteroatoms. The molecule has 0 aliphatic heterocycles. The van der Waals surface area contributed by atoms with Gasteiger partial charge in [-0.3, -0.25) is 0 Å². The van der Waals surface area contributed by atoms with E-state index in [1.54, 1.807) is 0 Å². The molecule has 2 rings (SSSR count). The van der Waals surface area contributed by atoms with Crippen molar-refractivity contribution in [3.05, 3.63) is 64.1 Å². The van der Waals surface area contributed by atoms with Crippen molar-refractivity contribution in [2.24, 2.45) is 5.73 Å². The number of rotatable bonds is 7. The van der Waals surface area contributed by atoms with Crippen molar-refractivity contribution in [1.29, 1.82) is 0 Å². The van der Waals surface area contributed by atoms with Gasteiger partial charge in [-0.15, -0.1) is 0 Å². The summed E-state index contributed by atoms with van der Waals surface area (Å²) in [4.78, 5) is 0. The topological polar surface area (TPSA) is 35.2 Å². The van der Waals surface area contributed by atoms with E-state index in [-0.39, 0.29) is 6.04 Å². The van der Waals surface area contributed by atoms with Gasteiger partial charge in [-0.2, -0.15) is 0 Å². The molecule has 2 nitrogen and oxygen atoms in total. The normalized spacial score (nSPS) is 12.1. The molecule has 0 radical (unpaired) electrons. The lowest BCUT2D eigenvalue weighted by Gasteiger charge is -2.14. The molecule has 0 heterocycles. The molecule has 0 aromatic heterocycles. The maximum atomic E-state index is 5.99. The summed E-state index contributed by atoms with van der Waals surface area (Å²) in [5.74, 6) is 0.933. The average molecular weight is 348 g/mol. The van der Waals surface area contributed by atoms with E-state index in [1.807, 2.05) is 25.1 Å². The number of ether oxygens (including phenoxy) is 1. The summed E-state index contributed by atoms with van der Waals surface area (Å²) < 4.78 is 6.99. The lowest BCUT2D eigenvalue weighted by Crippen LogP contribution is -2.18. The minimum atomic E-state index is 0.131. The van der Waals surface area contributed by atoms with Crippen molar-refractivity contribution in [2.75, 3.05) is 6.61 Å². The van der Waals surface area contributed by atoms with E-state index in [4.69, 9.17) is 10.5 Å². The van der Waals surface area contributed by atoms with Crippen LogP contribution in [0.2, 0.25) is 0 Å². The summed E-state index contributed by atoms with van der Waals surface area (Å²) in [6, 6.07) is 16.7. The second-order valence-corrected chi connectivity index (χ2v) is 6.20. The molecule has 2 aromatic rings. The van der Waals surface area contributed by atoms with Gasteiger partial charge in [0.1, 0.15) is 5.75 Å². The molecule has 0 aliphatic carbocycles. The number of halogens is 1. The predicted octanol–water partition coefficient (Wildman–Crippen LogP) is 4.35. The number of para-hydroxylation sites is 1. The molecule has 2 aromatic carbocycles. The number of hydrogen-bond donors (Lipinski definition) is 1. The molecule has 0 bridgehead atoms. The monoisotopic (exact) mass is 347 g/mol. The van der Waals surface area contributed by atoms with Crippen molar-refractivity contribution in [3.8, 4) is 5.75 Å².